The Morgan fingerprint density at radius 1 is 0.938 bits per heavy atom. The van der Waals surface area contributed by atoms with Crippen LogP contribution in [-0.2, 0) is 0 Å². The van der Waals surface area contributed by atoms with Crippen LogP contribution in [0.3, 0.4) is 0 Å². The third-order valence-electron chi connectivity index (χ3n) is 3.25. The summed E-state index contributed by atoms with van der Waals surface area (Å²) in [4.78, 5) is 2.54. The molecule has 0 bridgehead atoms. The Kier molecular flexibility index (Phi) is 8.96. The van der Waals surface area contributed by atoms with Gasteiger partial charge in [0.2, 0.25) is 0 Å². The molecule has 1 atom stereocenters. The fraction of sp³-hybridized carbons (Fsp3) is 1.00. The lowest BCUT2D eigenvalue weighted by Gasteiger charge is -2.30. The zero-order chi connectivity index (χ0) is 12.6. The molecule has 0 aromatic heterocycles. The van der Waals surface area contributed by atoms with Crippen LogP contribution < -0.4 is 0 Å². The second-order valence-electron chi connectivity index (χ2n) is 5.34. The lowest BCUT2D eigenvalue weighted by Crippen LogP contribution is -2.37. The Morgan fingerprint density at radius 2 is 1.50 bits per heavy atom. The van der Waals surface area contributed by atoms with Crippen LogP contribution in [-0.4, -0.2) is 34.7 Å². The average Bonchev–Trinajstić information content (AvgIpc) is 2.21. The summed E-state index contributed by atoms with van der Waals surface area (Å²) in [5, 5.41) is 9.43. The van der Waals surface area contributed by atoms with Crippen molar-refractivity contribution in [3.8, 4) is 0 Å². The van der Waals surface area contributed by atoms with Crippen LogP contribution in [0.4, 0.5) is 0 Å². The van der Waals surface area contributed by atoms with E-state index in [0.29, 0.717) is 12.1 Å². The molecule has 2 heteroatoms. The molecule has 0 aromatic carbocycles. The number of aliphatic hydroxyl groups is 1. The van der Waals surface area contributed by atoms with Crippen LogP contribution in [0.2, 0.25) is 0 Å². The molecule has 0 heterocycles. The van der Waals surface area contributed by atoms with E-state index >= 15 is 0 Å². The molecule has 0 aliphatic heterocycles. The maximum atomic E-state index is 9.43. The smallest absolute Gasteiger partial charge is 0.0537 e. The summed E-state index contributed by atoms with van der Waals surface area (Å²) < 4.78 is 0. The van der Waals surface area contributed by atoms with Crippen LogP contribution in [0.1, 0.15) is 66.7 Å². The van der Waals surface area contributed by atoms with Crippen molar-refractivity contribution in [3.05, 3.63) is 0 Å². The van der Waals surface area contributed by atoms with Crippen molar-refractivity contribution in [2.45, 2.75) is 84.9 Å². The molecular weight excluding hydrogens is 198 g/mol. The van der Waals surface area contributed by atoms with E-state index in [2.05, 4.69) is 32.6 Å². The number of hydrogen-bond acceptors (Lipinski definition) is 2. The Labute approximate surface area is 102 Å². The van der Waals surface area contributed by atoms with Gasteiger partial charge in [-0.2, -0.15) is 0 Å². The van der Waals surface area contributed by atoms with Crippen LogP contribution in [0.25, 0.3) is 0 Å². The SMILES string of the molecule is CCC(O)CCCCCN(C(C)C)C(C)C. The highest BCUT2D eigenvalue weighted by atomic mass is 16.3. The predicted octanol–water partition coefficient (Wildman–Crippen LogP) is 3.44. The first-order chi connectivity index (χ1) is 7.49. The van der Waals surface area contributed by atoms with Gasteiger partial charge in [-0.3, -0.25) is 4.90 Å². The van der Waals surface area contributed by atoms with Crippen molar-refractivity contribution in [1.29, 1.82) is 0 Å². The average molecular weight is 229 g/mol. The van der Waals surface area contributed by atoms with Crippen molar-refractivity contribution in [1.82, 2.24) is 4.90 Å². The van der Waals surface area contributed by atoms with Gasteiger partial charge in [0, 0.05) is 12.1 Å². The lowest BCUT2D eigenvalue weighted by atomic mass is 10.1. The van der Waals surface area contributed by atoms with Gasteiger partial charge in [0.25, 0.3) is 0 Å². The van der Waals surface area contributed by atoms with Crippen molar-refractivity contribution in [2.75, 3.05) is 6.54 Å². The summed E-state index contributed by atoms with van der Waals surface area (Å²) in [5.41, 5.74) is 0. The van der Waals surface area contributed by atoms with Gasteiger partial charge in [0.1, 0.15) is 0 Å². The lowest BCUT2D eigenvalue weighted by molar-refractivity contribution is 0.151. The molecule has 0 fully saturated rings. The summed E-state index contributed by atoms with van der Waals surface area (Å²) in [6.45, 7) is 12.3. The molecule has 16 heavy (non-hydrogen) atoms. The van der Waals surface area contributed by atoms with Crippen LogP contribution >= 0.6 is 0 Å². The maximum absolute atomic E-state index is 9.43. The van der Waals surface area contributed by atoms with Crippen molar-refractivity contribution in [2.24, 2.45) is 0 Å². The zero-order valence-corrected chi connectivity index (χ0v) is 11.9. The van der Waals surface area contributed by atoms with Crippen LogP contribution in [0, 0.1) is 0 Å². The molecule has 0 aliphatic carbocycles. The molecule has 1 N–H and O–H groups in total. The molecule has 1 unspecified atom stereocenters. The Balaban J connectivity index is 3.55. The Morgan fingerprint density at radius 3 is 1.94 bits per heavy atom. The topological polar surface area (TPSA) is 23.5 Å². The van der Waals surface area contributed by atoms with E-state index in [1.807, 2.05) is 6.92 Å². The molecule has 98 valence electrons. The van der Waals surface area contributed by atoms with Gasteiger partial charge in [-0.1, -0.05) is 19.8 Å². The minimum atomic E-state index is -0.0775. The largest absolute Gasteiger partial charge is 0.393 e. The molecule has 2 nitrogen and oxygen atoms in total. The van der Waals surface area contributed by atoms with E-state index in [9.17, 15) is 5.11 Å². The molecule has 0 saturated carbocycles. The standard InChI is InChI=1S/C14H31NO/c1-6-14(16)10-8-7-9-11-15(12(2)3)13(4)5/h12-14,16H,6-11H2,1-5H3. The van der Waals surface area contributed by atoms with E-state index in [1.54, 1.807) is 0 Å². The number of unbranched alkanes of at least 4 members (excludes halogenated alkanes) is 2. The first kappa shape index (κ1) is 15.9. The van der Waals surface area contributed by atoms with Gasteiger partial charge in [-0.25, -0.2) is 0 Å². The first-order valence-electron chi connectivity index (χ1n) is 6.92. The molecule has 0 radical (unpaired) electrons. The Bertz CT molecular complexity index is 149. The number of hydrogen-bond donors (Lipinski definition) is 1. The second kappa shape index (κ2) is 9.00. The van der Waals surface area contributed by atoms with E-state index < -0.39 is 0 Å². The zero-order valence-electron chi connectivity index (χ0n) is 11.9. The molecule has 0 saturated heterocycles. The summed E-state index contributed by atoms with van der Waals surface area (Å²) in [6.07, 6.45) is 5.45. The second-order valence-corrected chi connectivity index (χ2v) is 5.34. The van der Waals surface area contributed by atoms with Gasteiger partial charge < -0.3 is 5.11 Å². The monoisotopic (exact) mass is 229 g/mol. The highest BCUT2D eigenvalue weighted by Gasteiger charge is 2.12. The fourth-order valence-electron chi connectivity index (χ4n) is 2.17. The minimum Gasteiger partial charge on any atom is -0.393 e. The first-order valence-corrected chi connectivity index (χ1v) is 6.92. The van der Waals surface area contributed by atoms with Crippen molar-refractivity contribution in [3.63, 3.8) is 0 Å². The van der Waals surface area contributed by atoms with E-state index in [1.165, 1.54) is 25.8 Å². The van der Waals surface area contributed by atoms with Gasteiger partial charge in [-0.15, -0.1) is 0 Å². The summed E-state index contributed by atoms with van der Waals surface area (Å²) in [6, 6.07) is 1.28. The third kappa shape index (κ3) is 7.24. The predicted molar refractivity (Wildman–Crippen MR) is 71.7 cm³/mol. The minimum absolute atomic E-state index is 0.0775. The van der Waals surface area contributed by atoms with Crippen LogP contribution in [0.5, 0.6) is 0 Å². The van der Waals surface area contributed by atoms with Crippen LogP contribution in [0.15, 0.2) is 0 Å². The molecule has 0 amide bonds. The summed E-state index contributed by atoms with van der Waals surface area (Å²) >= 11 is 0. The highest BCUT2D eigenvalue weighted by molar-refractivity contribution is 4.67. The number of rotatable bonds is 9. The van der Waals surface area contributed by atoms with E-state index in [0.717, 1.165) is 12.8 Å². The number of aliphatic hydroxyl groups excluding tert-OH is 1. The summed E-state index contributed by atoms with van der Waals surface area (Å²) in [7, 11) is 0. The third-order valence-corrected chi connectivity index (χ3v) is 3.25. The summed E-state index contributed by atoms with van der Waals surface area (Å²) in [5.74, 6) is 0. The molecule has 0 aliphatic rings. The molecule has 0 rings (SSSR count). The van der Waals surface area contributed by atoms with Gasteiger partial charge >= 0.3 is 0 Å². The van der Waals surface area contributed by atoms with E-state index in [-0.39, 0.29) is 6.10 Å². The van der Waals surface area contributed by atoms with Crippen molar-refractivity contribution >= 4 is 0 Å². The van der Waals surface area contributed by atoms with Gasteiger partial charge in [0.15, 0.2) is 0 Å². The number of nitrogens with zero attached hydrogens (tertiary/aromatic N) is 1. The van der Waals surface area contributed by atoms with Crippen molar-refractivity contribution < 1.29 is 5.11 Å². The maximum Gasteiger partial charge on any atom is 0.0537 e. The normalized spacial score (nSPS) is 14.1. The highest BCUT2D eigenvalue weighted by Crippen LogP contribution is 2.10. The molecule has 0 aromatic rings. The molecular formula is C14H31NO. The van der Waals surface area contributed by atoms with Gasteiger partial charge in [0.05, 0.1) is 6.10 Å². The molecule has 0 spiro atoms. The van der Waals surface area contributed by atoms with Gasteiger partial charge in [-0.05, 0) is 53.5 Å². The Hall–Kier alpha value is -0.0800. The quantitative estimate of drug-likeness (QED) is 0.612. The fourth-order valence-corrected chi connectivity index (χ4v) is 2.17. The van der Waals surface area contributed by atoms with E-state index in [4.69, 9.17) is 0 Å².